The highest BCUT2D eigenvalue weighted by Gasteiger charge is 2.39. The van der Waals surface area contributed by atoms with Gasteiger partial charge in [-0.25, -0.2) is 9.97 Å². The minimum absolute atomic E-state index is 0.154. The molecule has 1 atom stereocenters. The van der Waals surface area contributed by atoms with Gasteiger partial charge in [0.25, 0.3) is 5.91 Å². The number of aryl methyl sites for hydroxylation is 3. The number of methoxy groups -OCH3 is 1. The molecule has 37 heavy (non-hydrogen) atoms. The lowest BCUT2D eigenvalue weighted by atomic mass is 9.88. The zero-order valence-corrected chi connectivity index (χ0v) is 21.9. The summed E-state index contributed by atoms with van der Waals surface area (Å²) < 4.78 is 9.12. The van der Waals surface area contributed by atoms with Crippen LogP contribution in [0.3, 0.4) is 0 Å². The van der Waals surface area contributed by atoms with Gasteiger partial charge in [0.15, 0.2) is 5.65 Å². The van der Waals surface area contributed by atoms with Crippen molar-refractivity contribution in [3.05, 3.63) is 81.6 Å². The Bertz CT molecular complexity index is 1570. The average molecular weight is 517 g/mol. The number of nitrogens with two attached hydrogens (primary N) is 1. The van der Waals surface area contributed by atoms with Crippen LogP contribution < -0.4 is 15.8 Å². The van der Waals surface area contributed by atoms with E-state index in [9.17, 15) is 4.79 Å². The van der Waals surface area contributed by atoms with E-state index < -0.39 is 11.4 Å². The molecular weight excluding hydrogens is 488 g/mol. The Hall–Kier alpha value is -4.09. The first-order chi connectivity index (χ1) is 17.9. The third-order valence-electron chi connectivity index (χ3n) is 6.26. The number of nitrogens with zero attached hydrogens (tertiary/aromatic N) is 6. The minimum Gasteiger partial charge on any atom is -0.480 e. The van der Waals surface area contributed by atoms with E-state index in [0.29, 0.717) is 30.1 Å². The normalized spacial score (nSPS) is 13.0. The standard InChI is InChI=1S/C26H28N8O2S/c1-5-33-15-28-25(32-33)31-22(35)18-14-19-21(29-23(18)36-4)30-24(34(19)6-2)26(27,17-10-8-7-9-11-17)20-13-12-16(3)37-20/h7-15H,5-6,27H2,1-4H3,(H,31,32,35). The summed E-state index contributed by atoms with van der Waals surface area (Å²) in [5.74, 6) is 0.563. The summed E-state index contributed by atoms with van der Waals surface area (Å²) in [6.07, 6.45) is 1.56. The summed E-state index contributed by atoms with van der Waals surface area (Å²) in [5, 5.41) is 6.96. The highest BCUT2D eigenvalue weighted by Crippen LogP contribution is 2.39. The second-order valence-corrected chi connectivity index (χ2v) is 9.82. The maximum Gasteiger partial charge on any atom is 0.263 e. The topological polar surface area (TPSA) is 126 Å². The Morgan fingerprint density at radius 2 is 1.92 bits per heavy atom. The molecule has 0 saturated heterocycles. The van der Waals surface area contributed by atoms with E-state index in [1.165, 1.54) is 7.11 Å². The summed E-state index contributed by atoms with van der Waals surface area (Å²) in [7, 11) is 1.47. The molecule has 5 aromatic rings. The number of carbonyl (C=O) groups is 1. The number of rotatable bonds is 8. The maximum absolute atomic E-state index is 13.2. The van der Waals surface area contributed by atoms with Crippen LogP contribution in [0.1, 0.15) is 45.3 Å². The number of imidazole rings is 1. The number of benzene rings is 1. The molecule has 0 bridgehead atoms. The largest absolute Gasteiger partial charge is 0.480 e. The van der Waals surface area contributed by atoms with Gasteiger partial charge in [-0.15, -0.1) is 16.4 Å². The molecular formula is C26H28N8O2S. The van der Waals surface area contributed by atoms with Gasteiger partial charge in [-0.05, 0) is 44.5 Å². The Labute approximate surface area is 218 Å². The van der Waals surface area contributed by atoms with Crippen LogP contribution in [0.5, 0.6) is 5.88 Å². The highest BCUT2D eigenvalue weighted by molar-refractivity contribution is 7.12. The van der Waals surface area contributed by atoms with Gasteiger partial charge in [-0.3, -0.25) is 14.8 Å². The lowest BCUT2D eigenvalue weighted by molar-refractivity contribution is 0.102. The van der Waals surface area contributed by atoms with E-state index >= 15 is 0 Å². The Balaban J connectivity index is 1.67. The number of nitrogens with one attached hydrogen (secondary N) is 1. The molecule has 1 aromatic carbocycles. The first kappa shape index (κ1) is 24.6. The van der Waals surface area contributed by atoms with Crippen molar-refractivity contribution in [2.75, 3.05) is 12.4 Å². The molecule has 0 saturated carbocycles. The molecule has 0 radical (unpaired) electrons. The van der Waals surface area contributed by atoms with Crippen molar-refractivity contribution in [2.45, 2.75) is 39.4 Å². The van der Waals surface area contributed by atoms with Gasteiger partial charge < -0.3 is 15.0 Å². The highest BCUT2D eigenvalue weighted by atomic mass is 32.1. The van der Waals surface area contributed by atoms with E-state index in [4.69, 9.17) is 15.5 Å². The molecule has 0 fully saturated rings. The van der Waals surface area contributed by atoms with Gasteiger partial charge in [0.1, 0.15) is 23.3 Å². The number of pyridine rings is 1. The first-order valence-electron chi connectivity index (χ1n) is 12.0. The van der Waals surface area contributed by atoms with Gasteiger partial charge in [-0.2, -0.15) is 4.98 Å². The van der Waals surface area contributed by atoms with Crippen molar-refractivity contribution in [2.24, 2.45) is 5.73 Å². The monoisotopic (exact) mass is 516 g/mol. The van der Waals surface area contributed by atoms with Crippen LogP contribution in [-0.4, -0.2) is 42.3 Å². The molecule has 1 unspecified atom stereocenters. The maximum atomic E-state index is 13.2. The number of amides is 1. The van der Waals surface area contributed by atoms with E-state index in [0.717, 1.165) is 15.3 Å². The van der Waals surface area contributed by atoms with E-state index in [1.54, 1.807) is 28.4 Å². The van der Waals surface area contributed by atoms with Crippen molar-refractivity contribution in [1.29, 1.82) is 0 Å². The number of fused-ring (bicyclic) bond motifs is 1. The molecule has 4 aromatic heterocycles. The number of carbonyl (C=O) groups excluding carboxylic acids is 1. The van der Waals surface area contributed by atoms with Gasteiger partial charge >= 0.3 is 0 Å². The summed E-state index contributed by atoms with van der Waals surface area (Å²) in [6, 6.07) is 15.7. The van der Waals surface area contributed by atoms with Crippen LogP contribution in [0.25, 0.3) is 11.2 Å². The van der Waals surface area contributed by atoms with Crippen molar-refractivity contribution >= 4 is 34.4 Å². The molecule has 1 amide bonds. The number of hydrogen-bond acceptors (Lipinski definition) is 8. The summed E-state index contributed by atoms with van der Waals surface area (Å²) in [6.45, 7) is 7.22. The van der Waals surface area contributed by atoms with E-state index in [2.05, 4.69) is 33.4 Å². The molecule has 0 aliphatic carbocycles. The van der Waals surface area contributed by atoms with Crippen LogP contribution in [0, 0.1) is 6.92 Å². The zero-order valence-electron chi connectivity index (χ0n) is 21.1. The molecule has 4 heterocycles. The quantitative estimate of drug-likeness (QED) is 0.320. The summed E-state index contributed by atoms with van der Waals surface area (Å²) >= 11 is 1.63. The van der Waals surface area contributed by atoms with Crippen LogP contribution in [-0.2, 0) is 18.6 Å². The van der Waals surface area contributed by atoms with Crippen molar-refractivity contribution < 1.29 is 9.53 Å². The fourth-order valence-corrected chi connectivity index (χ4v) is 5.36. The molecule has 11 heteroatoms. The fraction of sp³-hybridized carbons (Fsp3) is 0.269. The van der Waals surface area contributed by atoms with Gasteiger partial charge in [0.05, 0.1) is 12.6 Å². The van der Waals surface area contributed by atoms with Crippen molar-refractivity contribution in [3.63, 3.8) is 0 Å². The average Bonchev–Trinajstić information content (AvgIpc) is 3.66. The first-order valence-corrected chi connectivity index (χ1v) is 12.8. The molecule has 0 aliphatic rings. The second kappa shape index (κ2) is 9.75. The molecule has 5 rings (SSSR count). The number of anilines is 1. The van der Waals surface area contributed by atoms with Crippen molar-refractivity contribution in [1.82, 2.24) is 29.3 Å². The molecule has 3 N–H and O–H groups in total. The van der Waals surface area contributed by atoms with Gasteiger partial charge in [-0.1, -0.05) is 30.3 Å². The summed E-state index contributed by atoms with van der Waals surface area (Å²) in [4.78, 5) is 29.0. The summed E-state index contributed by atoms with van der Waals surface area (Å²) in [5.41, 5.74) is 8.52. The van der Waals surface area contributed by atoms with Gasteiger partial charge in [0.2, 0.25) is 11.8 Å². The minimum atomic E-state index is -1.02. The fourth-order valence-electron chi connectivity index (χ4n) is 4.37. The van der Waals surface area contributed by atoms with Crippen molar-refractivity contribution in [3.8, 4) is 5.88 Å². The number of ether oxygens (including phenoxy) is 1. The van der Waals surface area contributed by atoms with E-state index in [1.807, 2.05) is 54.8 Å². The predicted octanol–water partition coefficient (Wildman–Crippen LogP) is 3.94. The number of thiophene rings is 1. The molecule has 0 aliphatic heterocycles. The Kier molecular flexibility index (Phi) is 6.48. The third-order valence-corrected chi connectivity index (χ3v) is 7.39. The van der Waals surface area contributed by atoms with Crippen LogP contribution in [0.2, 0.25) is 0 Å². The Morgan fingerprint density at radius 3 is 2.54 bits per heavy atom. The number of aromatic nitrogens is 6. The molecule has 190 valence electrons. The Morgan fingerprint density at radius 1 is 1.14 bits per heavy atom. The van der Waals surface area contributed by atoms with E-state index in [-0.39, 0.29) is 17.4 Å². The van der Waals surface area contributed by atoms with Crippen LogP contribution in [0.4, 0.5) is 5.95 Å². The lowest BCUT2D eigenvalue weighted by Gasteiger charge is -2.29. The van der Waals surface area contributed by atoms with Crippen LogP contribution in [0.15, 0.2) is 54.9 Å². The molecule has 10 nitrogen and oxygen atoms in total. The number of hydrogen-bond donors (Lipinski definition) is 2. The van der Waals surface area contributed by atoms with Gasteiger partial charge in [0, 0.05) is 22.8 Å². The van der Waals surface area contributed by atoms with Crippen LogP contribution >= 0.6 is 11.3 Å². The second-order valence-electron chi connectivity index (χ2n) is 8.53. The third kappa shape index (κ3) is 4.25. The molecule has 0 spiro atoms. The predicted molar refractivity (Wildman–Crippen MR) is 143 cm³/mol. The SMILES string of the molecule is CCn1cnc(NC(=O)c2cc3c(nc2OC)nc(C(N)(c2ccccc2)c2ccc(C)s2)n3CC)n1. The zero-order chi connectivity index (χ0) is 26.2. The lowest BCUT2D eigenvalue weighted by Crippen LogP contribution is -2.41. The smallest absolute Gasteiger partial charge is 0.263 e.